The quantitative estimate of drug-likeness (QED) is 0.774. The van der Waals surface area contributed by atoms with Gasteiger partial charge in [0.1, 0.15) is 11.9 Å². The van der Waals surface area contributed by atoms with Crippen molar-refractivity contribution in [1.29, 1.82) is 5.26 Å². The van der Waals surface area contributed by atoms with Crippen molar-refractivity contribution in [2.24, 2.45) is 0 Å². The summed E-state index contributed by atoms with van der Waals surface area (Å²) in [6.07, 6.45) is 1.06. The molecule has 0 unspecified atom stereocenters. The molecule has 0 amide bonds. The first kappa shape index (κ1) is 13.5. The van der Waals surface area contributed by atoms with Crippen molar-refractivity contribution in [2.45, 2.75) is 13.3 Å². The smallest absolute Gasteiger partial charge is 0.146 e. The highest BCUT2D eigenvalue weighted by Gasteiger charge is 2.09. The van der Waals surface area contributed by atoms with Crippen LogP contribution in [0.5, 0.6) is 0 Å². The topological polar surface area (TPSA) is 43.2 Å². The minimum absolute atomic E-state index is 0.642. The van der Waals surface area contributed by atoms with Gasteiger partial charge in [-0.1, -0.05) is 0 Å². The lowest BCUT2D eigenvalue weighted by molar-refractivity contribution is 0.401. The van der Waals surface area contributed by atoms with E-state index in [9.17, 15) is 0 Å². The SMILES string of the molecule is Cc1ccc(C#N)c(N(C)CCCN(C)C)n1. The van der Waals surface area contributed by atoms with Gasteiger partial charge in [0.15, 0.2) is 0 Å². The molecule has 1 aromatic rings. The number of rotatable bonds is 5. The number of hydrogen-bond acceptors (Lipinski definition) is 4. The molecule has 0 bridgehead atoms. The van der Waals surface area contributed by atoms with Gasteiger partial charge >= 0.3 is 0 Å². The van der Waals surface area contributed by atoms with E-state index in [1.54, 1.807) is 0 Å². The van der Waals surface area contributed by atoms with Crippen LogP contribution in [0.3, 0.4) is 0 Å². The molecule has 0 aromatic carbocycles. The number of nitriles is 1. The Morgan fingerprint density at radius 1 is 1.24 bits per heavy atom. The van der Waals surface area contributed by atoms with Crippen molar-refractivity contribution in [3.63, 3.8) is 0 Å². The average molecular weight is 232 g/mol. The van der Waals surface area contributed by atoms with E-state index in [1.807, 2.05) is 26.1 Å². The number of pyridine rings is 1. The van der Waals surface area contributed by atoms with Crippen LogP contribution in [0.15, 0.2) is 12.1 Å². The van der Waals surface area contributed by atoms with Crippen LogP contribution in [0.25, 0.3) is 0 Å². The summed E-state index contributed by atoms with van der Waals surface area (Å²) in [5.41, 5.74) is 1.58. The lowest BCUT2D eigenvalue weighted by atomic mass is 10.2. The summed E-state index contributed by atoms with van der Waals surface area (Å²) in [6, 6.07) is 5.89. The summed E-state index contributed by atoms with van der Waals surface area (Å²) in [5, 5.41) is 9.05. The van der Waals surface area contributed by atoms with E-state index in [2.05, 4.69) is 34.9 Å². The Morgan fingerprint density at radius 3 is 2.53 bits per heavy atom. The molecule has 4 nitrogen and oxygen atoms in total. The predicted molar refractivity (Wildman–Crippen MR) is 70.1 cm³/mol. The van der Waals surface area contributed by atoms with Gasteiger partial charge in [-0.25, -0.2) is 4.98 Å². The zero-order valence-corrected chi connectivity index (χ0v) is 11.1. The van der Waals surface area contributed by atoms with Crippen molar-refractivity contribution < 1.29 is 0 Å². The third-order valence-corrected chi connectivity index (χ3v) is 2.60. The third-order valence-electron chi connectivity index (χ3n) is 2.60. The van der Waals surface area contributed by atoms with E-state index >= 15 is 0 Å². The molecular weight excluding hydrogens is 212 g/mol. The molecule has 0 N–H and O–H groups in total. The maximum absolute atomic E-state index is 9.05. The number of anilines is 1. The lowest BCUT2D eigenvalue weighted by Gasteiger charge is -2.20. The first-order chi connectivity index (χ1) is 8.04. The Balaban J connectivity index is 2.71. The summed E-state index contributed by atoms with van der Waals surface area (Å²) >= 11 is 0. The second kappa shape index (κ2) is 6.21. The highest BCUT2D eigenvalue weighted by atomic mass is 15.2. The van der Waals surface area contributed by atoms with Gasteiger partial charge in [0.25, 0.3) is 0 Å². The van der Waals surface area contributed by atoms with Crippen LogP contribution in [0.2, 0.25) is 0 Å². The summed E-state index contributed by atoms with van der Waals surface area (Å²) < 4.78 is 0. The molecule has 4 heteroatoms. The fourth-order valence-corrected chi connectivity index (χ4v) is 1.65. The van der Waals surface area contributed by atoms with Gasteiger partial charge in [-0.05, 0) is 46.1 Å². The molecule has 0 saturated heterocycles. The molecule has 0 atom stereocenters. The molecule has 0 aliphatic rings. The molecule has 1 rings (SSSR count). The second-order valence-electron chi connectivity index (χ2n) is 4.51. The standard InChI is InChI=1S/C13H20N4/c1-11-6-7-12(10-14)13(15-11)17(4)9-5-8-16(2)3/h6-7H,5,8-9H2,1-4H3. The zero-order valence-electron chi connectivity index (χ0n) is 11.1. The van der Waals surface area contributed by atoms with Crippen LogP contribution in [0.4, 0.5) is 5.82 Å². The predicted octanol–water partition coefficient (Wildman–Crippen LogP) is 1.65. The second-order valence-corrected chi connectivity index (χ2v) is 4.51. The van der Waals surface area contributed by atoms with Crippen molar-refractivity contribution >= 4 is 5.82 Å². The highest BCUT2D eigenvalue weighted by molar-refractivity contribution is 5.53. The molecule has 17 heavy (non-hydrogen) atoms. The molecule has 92 valence electrons. The molecule has 0 saturated carbocycles. The van der Waals surface area contributed by atoms with Gasteiger partial charge in [0, 0.05) is 19.3 Å². The largest absolute Gasteiger partial charge is 0.359 e. The monoisotopic (exact) mass is 232 g/mol. The molecule has 1 aromatic heterocycles. The summed E-state index contributed by atoms with van der Waals surface area (Å²) in [7, 11) is 6.11. The highest BCUT2D eigenvalue weighted by Crippen LogP contribution is 2.16. The van der Waals surface area contributed by atoms with Crippen LogP contribution >= 0.6 is 0 Å². The van der Waals surface area contributed by atoms with E-state index in [4.69, 9.17) is 5.26 Å². The molecule has 0 aliphatic heterocycles. The van der Waals surface area contributed by atoms with Crippen molar-refractivity contribution in [1.82, 2.24) is 9.88 Å². The Kier molecular flexibility index (Phi) is 4.92. The minimum Gasteiger partial charge on any atom is -0.359 e. The molecule has 0 fully saturated rings. The molecule has 0 radical (unpaired) electrons. The Bertz CT molecular complexity index is 406. The van der Waals surface area contributed by atoms with Crippen LogP contribution in [0.1, 0.15) is 17.7 Å². The average Bonchev–Trinajstić information content (AvgIpc) is 2.28. The zero-order chi connectivity index (χ0) is 12.8. The number of aryl methyl sites for hydroxylation is 1. The summed E-state index contributed by atoms with van der Waals surface area (Å²) in [4.78, 5) is 8.64. The first-order valence-electron chi connectivity index (χ1n) is 5.78. The first-order valence-corrected chi connectivity index (χ1v) is 5.78. The Hall–Kier alpha value is -1.60. The van der Waals surface area contributed by atoms with Gasteiger partial charge in [-0.15, -0.1) is 0 Å². The summed E-state index contributed by atoms with van der Waals surface area (Å²) in [5.74, 6) is 0.784. The maximum atomic E-state index is 9.05. The molecule has 0 spiro atoms. The van der Waals surface area contributed by atoms with Gasteiger partial charge in [-0.3, -0.25) is 0 Å². The minimum atomic E-state index is 0.642. The van der Waals surface area contributed by atoms with Crippen molar-refractivity contribution in [3.05, 3.63) is 23.4 Å². The van der Waals surface area contributed by atoms with Crippen molar-refractivity contribution in [2.75, 3.05) is 39.1 Å². The maximum Gasteiger partial charge on any atom is 0.146 e. The molecular formula is C13H20N4. The van der Waals surface area contributed by atoms with E-state index in [0.29, 0.717) is 5.56 Å². The van der Waals surface area contributed by atoms with Crippen LogP contribution in [0, 0.1) is 18.3 Å². The molecule has 1 heterocycles. The van der Waals surface area contributed by atoms with Gasteiger partial charge in [-0.2, -0.15) is 5.26 Å². The van der Waals surface area contributed by atoms with Gasteiger partial charge < -0.3 is 9.80 Å². The molecule has 0 aliphatic carbocycles. The van der Waals surface area contributed by atoms with Crippen LogP contribution in [-0.4, -0.2) is 44.1 Å². The third kappa shape index (κ3) is 4.04. The normalized spacial score (nSPS) is 10.4. The van der Waals surface area contributed by atoms with E-state index in [1.165, 1.54) is 0 Å². The van der Waals surface area contributed by atoms with E-state index < -0.39 is 0 Å². The van der Waals surface area contributed by atoms with E-state index in [0.717, 1.165) is 31.0 Å². The van der Waals surface area contributed by atoms with Crippen LogP contribution in [-0.2, 0) is 0 Å². The number of hydrogen-bond donors (Lipinski definition) is 0. The fourth-order valence-electron chi connectivity index (χ4n) is 1.65. The van der Waals surface area contributed by atoms with Gasteiger partial charge in [0.2, 0.25) is 0 Å². The van der Waals surface area contributed by atoms with Gasteiger partial charge in [0.05, 0.1) is 5.56 Å². The lowest BCUT2D eigenvalue weighted by Crippen LogP contribution is -2.24. The Morgan fingerprint density at radius 2 is 1.94 bits per heavy atom. The summed E-state index contributed by atoms with van der Waals surface area (Å²) in [6.45, 7) is 3.89. The van der Waals surface area contributed by atoms with Crippen molar-refractivity contribution in [3.8, 4) is 6.07 Å². The number of aromatic nitrogens is 1. The van der Waals surface area contributed by atoms with Crippen LogP contribution < -0.4 is 4.90 Å². The fraction of sp³-hybridized carbons (Fsp3) is 0.538. The Labute approximate surface area is 103 Å². The number of nitrogens with zero attached hydrogens (tertiary/aromatic N) is 4. The van der Waals surface area contributed by atoms with E-state index in [-0.39, 0.29) is 0 Å².